The minimum absolute atomic E-state index is 0.102. The zero-order valence-electron chi connectivity index (χ0n) is 14.4. The minimum atomic E-state index is -0.366. The molecule has 2 aromatic rings. The molecule has 0 aliphatic carbocycles. The number of amides is 3. The molecule has 0 saturated carbocycles. The fraction of sp³-hybridized carbons (Fsp3) is 0.250. The molecular weight excluding hydrogens is 459 g/mol. The molecule has 0 spiro atoms. The molecule has 7 heteroatoms. The summed E-state index contributed by atoms with van der Waals surface area (Å²) < 4.78 is 6.45. The van der Waals surface area contributed by atoms with Gasteiger partial charge >= 0.3 is 0 Å². The largest absolute Gasteiger partial charge is 0.376 e. The van der Waals surface area contributed by atoms with Gasteiger partial charge in [0.1, 0.15) is 0 Å². The maximum Gasteiger partial charge on any atom is 0.261 e. The van der Waals surface area contributed by atoms with Crippen LogP contribution >= 0.6 is 22.6 Å². The lowest BCUT2D eigenvalue weighted by atomic mass is 10.1. The van der Waals surface area contributed by atoms with Crippen LogP contribution in [-0.2, 0) is 4.74 Å². The number of nitrogens with one attached hydrogen (secondary N) is 1. The zero-order chi connectivity index (χ0) is 19.0. The molecule has 3 amide bonds. The highest BCUT2D eigenvalue weighted by atomic mass is 127. The molecule has 2 heterocycles. The van der Waals surface area contributed by atoms with Crippen molar-refractivity contribution < 1.29 is 19.1 Å². The van der Waals surface area contributed by atoms with Gasteiger partial charge < -0.3 is 10.1 Å². The Morgan fingerprint density at radius 1 is 1.15 bits per heavy atom. The van der Waals surface area contributed by atoms with Crippen LogP contribution in [0.15, 0.2) is 42.5 Å². The van der Waals surface area contributed by atoms with E-state index >= 15 is 0 Å². The molecule has 2 aliphatic rings. The van der Waals surface area contributed by atoms with E-state index in [-0.39, 0.29) is 35.9 Å². The van der Waals surface area contributed by atoms with Gasteiger partial charge in [-0.3, -0.25) is 19.3 Å². The summed E-state index contributed by atoms with van der Waals surface area (Å²) in [5.74, 6) is -1.01. The Labute approximate surface area is 170 Å². The fourth-order valence-corrected chi connectivity index (χ4v) is 3.87. The number of rotatable bonds is 4. The predicted octanol–water partition coefficient (Wildman–Crippen LogP) is 3.32. The van der Waals surface area contributed by atoms with Crippen molar-refractivity contribution in [2.45, 2.75) is 18.9 Å². The lowest BCUT2D eigenvalue weighted by Crippen LogP contribution is -2.36. The molecule has 1 saturated heterocycles. The van der Waals surface area contributed by atoms with E-state index < -0.39 is 0 Å². The van der Waals surface area contributed by atoms with Gasteiger partial charge in [0, 0.05) is 15.7 Å². The number of fused-ring (bicyclic) bond motifs is 1. The third-order valence-electron chi connectivity index (χ3n) is 4.77. The number of anilines is 1. The molecule has 4 rings (SSSR count). The number of imide groups is 1. The smallest absolute Gasteiger partial charge is 0.261 e. The lowest BCUT2D eigenvalue weighted by molar-refractivity contribution is 0.0475. The summed E-state index contributed by atoms with van der Waals surface area (Å²) in [5.41, 5.74) is 1.65. The SMILES string of the molecule is O=C(Nc1ccccc1I)c1ccc2c(c1)C(=O)N(CC1CCCO1)C2=O. The summed E-state index contributed by atoms with van der Waals surface area (Å²) in [6.45, 7) is 0.923. The molecule has 2 aromatic carbocycles. The van der Waals surface area contributed by atoms with Crippen LogP contribution in [0.2, 0.25) is 0 Å². The third kappa shape index (κ3) is 3.49. The highest BCUT2D eigenvalue weighted by molar-refractivity contribution is 14.1. The van der Waals surface area contributed by atoms with Crippen LogP contribution < -0.4 is 5.32 Å². The van der Waals surface area contributed by atoms with Crippen molar-refractivity contribution in [1.82, 2.24) is 4.90 Å². The summed E-state index contributed by atoms with van der Waals surface area (Å²) >= 11 is 2.14. The van der Waals surface area contributed by atoms with E-state index in [2.05, 4.69) is 27.9 Å². The maximum atomic E-state index is 12.7. The van der Waals surface area contributed by atoms with E-state index in [9.17, 15) is 14.4 Å². The second-order valence-electron chi connectivity index (χ2n) is 6.55. The number of para-hydroxylation sites is 1. The van der Waals surface area contributed by atoms with Gasteiger partial charge in [-0.15, -0.1) is 0 Å². The van der Waals surface area contributed by atoms with Crippen molar-refractivity contribution in [2.24, 2.45) is 0 Å². The highest BCUT2D eigenvalue weighted by Crippen LogP contribution is 2.26. The van der Waals surface area contributed by atoms with Crippen molar-refractivity contribution >= 4 is 46.0 Å². The van der Waals surface area contributed by atoms with Crippen molar-refractivity contribution in [3.63, 3.8) is 0 Å². The van der Waals surface area contributed by atoms with Crippen LogP contribution in [0, 0.1) is 3.57 Å². The Morgan fingerprint density at radius 2 is 1.93 bits per heavy atom. The van der Waals surface area contributed by atoms with Crippen LogP contribution in [0.5, 0.6) is 0 Å². The van der Waals surface area contributed by atoms with Gasteiger partial charge in [-0.25, -0.2) is 0 Å². The number of hydrogen-bond acceptors (Lipinski definition) is 4. The lowest BCUT2D eigenvalue weighted by Gasteiger charge is -2.17. The van der Waals surface area contributed by atoms with Crippen LogP contribution in [0.4, 0.5) is 5.69 Å². The molecule has 0 aromatic heterocycles. The van der Waals surface area contributed by atoms with Gasteiger partial charge in [0.2, 0.25) is 0 Å². The first-order chi connectivity index (χ1) is 13.0. The number of hydrogen-bond donors (Lipinski definition) is 1. The molecule has 1 unspecified atom stereocenters. The number of ether oxygens (including phenoxy) is 1. The number of carbonyl (C=O) groups excluding carboxylic acids is 3. The number of halogens is 1. The molecule has 0 bridgehead atoms. The van der Waals surface area contributed by atoms with Crippen molar-refractivity contribution in [3.05, 3.63) is 62.7 Å². The average molecular weight is 476 g/mol. The fourth-order valence-electron chi connectivity index (χ4n) is 3.35. The Kier molecular flexibility index (Phi) is 4.96. The van der Waals surface area contributed by atoms with Crippen LogP contribution in [-0.4, -0.2) is 41.9 Å². The van der Waals surface area contributed by atoms with Gasteiger partial charge in [0.25, 0.3) is 17.7 Å². The summed E-state index contributed by atoms with van der Waals surface area (Å²) in [6.07, 6.45) is 1.68. The Morgan fingerprint density at radius 3 is 2.67 bits per heavy atom. The summed E-state index contributed by atoms with van der Waals surface area (Å²) in [6, 6.07) is 12.1. The quantitative estimate of drug-likeness (QED) is 0.543. The average Bonchev–Trinajstić information content (AvgIpc) is 3.26. The van der Waals surface area contributed by atoms with Gasteiger partial charge in [0.15, 0.2) is 0 Å². The third-order valence-corrected chi connectivity index (χ3v) is 5.71. The maximum absolute atomic E-state index is 12.7. The van der Waals surface area contributed by atoms with E-state index in [4.69, 9.17) is 4.74 Å². The molecule has 6 nitrogen and oxygen atoms in total. The Balaban J connectivity index is 1.55. The summed E-state index contributed by atoms with van der Waals surface area (Å²) in [4.78, 5) is 39.1. The van der Waals surface area contributed by atoms with E-state index in [1.807, 2.05) is 24.3 Å². The number of carbonyl (C=O) groups is 3. The molecule has 1 fully saturated rings. The van der Waals surface area contributed by atoms with E-state index in [0.29, 0.717) is 23.4 Å². The standard InChI is InChI=1S/C20H17IN2O4/c21-16-5-1-2-6-17(16)22-18(24)12-7-8-14-15(10-12)20(26)23(19(14)25)11-13-4-3-9-27-13/h1-2,5-8,10,13H,3-4,9,11H2,(H,22,24). The van der Waals surface area contributed by atoms with Crippen LogP contribution in [0.25, 0.3) is 0 Å². The van der Waals surface area contributed by atoms with Crippen molar-refractivity contribution in [1.29, 1.82) is 0 Å². The van der Waals surface area contributed by atoms with Crippen LogP contribution in [0.3, 0.4) is 0 Å². The second kappa shape index (κ2) is 7.40. The summed E-state index contributed by atoms with van der Waals surface area (Å²) in [5, 5.41) is 2.84. The van der Waals surface area contributed by atoms with Gasteiger partial charge in [0.05, 0.1) is 29.5 Å². The number of benzene rings is 2. The molecular formula is C20H17IN2O4. The van der Waals surface area contributed by atoms with Gasteiger partial charge in [-0.05, 0) is 65.8 Å². The van der Waals surface area contributed by atoms with Gasteiger partial charge in [-0.2, -0.15) is 0 Å². The Hall–Kier alpha value is -2.26. The molecule has 1 atom stereocenters. The monoisotopic (exact) mass is 476 g/mol. The zero-order valence-corrected chi connectivity index (χ0v) is 16.6. The molecule has 138 valence electrons. The van der Waals surface area contributed by atoms with Crippen LogP contribution in [0.1, 0.15) is 43.9 Å². The minimum Gasteiger partial charge on any atom is -0.376 e. The normalized spacial score (nSPS) is 18.7. The van der Waals surface area contributed by atoms with E-state index in [1.165, 1.54) is 11.0 Å². The first-order valence-corrected chi connectivity index (χ1v) is 9.80. The highest BCUT2D eigenvalue weighted by Gasteiger charge is 2.37. The van der Waals surface area contributed by atoms with Gasteiger partial charge in [-0.1, -0.05) is 12.1 Å². The summed E-state index contributed by atoms with van der Waals surface area (Å²) in [7, 11) is 0. The molecule has 2 aliphatic heterocycles. The number of nitrogens with zero attached hydrogens (tertiary/aromatic N) is 1. The second-order valence-corrected chi connectivity index (χ2v) is 7.71. The Bertz CT molecular complexity index is 937. The van der Waals surface area contributed by atoms with Crippen molar-refractivity contribution in [2.75, 3.05) is 18.5 Å². The van der Waals surface area contributed by atoms with E-state index in [0.717, 1.165) is 16.4 Å². The topological polar surface area (TPSA) is 75.7 Å². The molecule has 1 N–H and O–H groups in total. The first kappa shape index (κ1) is 18.1. The van der Waals surface area contributed by atoms with Crippen molar-refractivity contribution in [3.8, 4) is 0 Å². The predicted molar refractivity (Wildman–Crippen MR) is 108 cm³/mol. The molecule has 0 radical (unpaired) electrons. The first-order valence-electron chi connectivity index (χ1n) is 8.72. The molecule has 27 heavy (non-hydrogen) atoms. The van der Waals surface area contributed by atoms with E-state index in [1.54, 1.807) is 12.1 Å².